The van der Waals surface area contributed by atoms with Crippen molar-refractivity contribution in [2.24, 2.45) is 11.8 Å². The lowest BCUT2D eigenvalue weighted by Crippen LogP contribution is -2.34. The fourth-order valence-corrected chi connectivity index (χ4v) is 3.78. The number of non-ortho nitro benzene ring substituents is 1. The lowest BCUT2D eigenvalue weighted by atomic mass is 9.81. The van der Waals surface area contributed by atoms with E-state index in [9.17, 15) is 24.5 Å². The number of nitro groups is 1. The van der Waals surface area contributed by atoms with Gasteiger partial charge in [0.2, 0.25) is 17.7 Å². The first kappa shape index (κ1) is 18.0. The number of carbonyl (C=O) groups excluding carboxylic acids is 3. The van der Waals surface area contributed by atoms with Gasteiger partial charge in [-0.15, -0.1) is 0 Å². The minimum absolute atomic E-state index is 0.00729. The fourth-order valence-electron chi connectivity index (χ4n) is 3.78. The quantitative estimate of drug-likeness (QED) is 0.493. The largest absolute Gasteiger partial charge is 0.326 e. The predicted octanol–water partition coefficient (Wildman–Crippen LogP) is 2.41. The Morgan fingerprint density at radius 3 is 2.38 bits per heavy atom. The van der Waals surface area contributed by atoms with Gasteiger partial charge in [-0.1, -0.05) is 12.8 Å². The number of aryl methyl sites for hydroxylation is 1. The Labute approximate surface area is 150 Å². The maximum atomic E-state index is 12.4. The van der Waals surface area contributed by atoms with Crippen molar-refractivity contribution in [2.45, 2.75) is 39.0 Å². The highest BCUT2D eigenvalue weighted by Gasteiger charge is 2.47. The molecule has 8 nitrogen and oxygen atoms in total. The van der Waals surface area contributed by atoms with Gasteiger partial charge in [0, 0.05) is 30.8 Å². The van der Waals surface area contributed by atoms with Crippen LogP contribution in [-0.2, 0) is 14.4 Å². The summed E-state index contributed by atoms with van der Waals surface area (Å²) < 4.78 is 0. The summed E-state index contributed by atoms with van der Waals surface area (Å²) in [5, 5.41) is 13.4. The van der Waals surface area contributed by atoms with Crippen molar-refractivity contribution in [3.63, 3.8) is 0 Å². The third-order valence-electron chi connectivity index (χ3n) is 5.19. The number of likely N-dealkylation sites (tertiary alicyclic amines) is 1. The van der Waals surface area contributed by atoms with Gasteiger partial charge in [-0.3, -0.25) is 29.4 Å². The maximum Gasteiger partial charge on any atom is 0.269 e. The molecule has 3 rings (SSSR count). The number of fused-ring (bicyclic) bond motifs is 1. The van der Waals surface area contributed by atoms with Crippen molar-refractivity contribution in [1.29, 1.82) is 0 Å². The maximum absolute atomic E-state index is 12.4. The molecule has 0 spiro atoms. The van der Waals surface area contributed by atoms with Crippen LogP contribution in [0, 0.1) is 28.9 Å². The normalized spacial score (nSPS) is 22.3. The minimum Gasteiger partial charge on any atom is -0.326 e. The van der Waals surface area contributed by atoms with E-state index in [1.54, 1.807) is 6.92 Å². The molecule has 0 bridgehead atoms. The number of amides is 3. The van der Waals surface area contributed by atoms with Gasteiger partial charge in [-0.2, -0.15) is 0 Å². The molecule has 8 heteroatoms. The van der Waals surface area contributed by atoms with E-state index >= 15 is 0 Å². The van der Waals surface area contributed by atoms with E-state index in [0.29, 0.717) is 11.3 Å². The molecule has 2 fully saturated rings. The number of anilines is 1. The zero-order valence-corrected chi connectivity index (χ0v) is 14.6. The standard InChI is InChI=1S/C18H21N3O5/c1-11-10-12(21(25)26)6-7-15(11)19-16(22)8-9-20-17(23)13-4-2-3-5-14(13)18(20)24/h6-7,10,13-14H,2-5,8-9H2,1H3,(H,19,22)/t13-,14-/m1/s1. The second-order valence-electron chi connectivity index (χ2n) is 6.88. The van der Waals surface area contributed by atoms with E-state index in [-0.39, 0.29) is 48.2 Å². The first-order valence-corrected chi connectivity index (χ1v) is 8.78. The van der Waals surface area contributed by atoms with E-state index in [0.717, 1.165) is 25.7 Å². The summed E-state index contributed by atoms with van der Waals surface area (Å²) in [6.07, 6.45) is 3.44. The van der Waals surface area contributed by atoms with E-state index in [2.05, 4.69) is 5.32 Å². The number of hydrogen-bond acceptors (Lipinski definition) is 5. The molecule has 1 saturated heterocycles. The van der Waals surface area contributed by atoms with E-state index < -0.39 is 4.92 Å². The second-order valence-corrected chi connectivity index (χ2v) is 6.88. The summed E-state index contributed by atoms with van der Waals surface area (Å²) in [5.74, 6) is -1.07. The van der Waals surface area contributed by atoms with E-state index in [1.807, 2.05) is 0 Å². The van der Waals surface area contributed by atoms with Crippen molar-refractivity contribution in [1.82, 2.24) is 4.90 Å². The molecule has 1 saturated carbocycles. The van der Waals surface area contributed by atoms with Gasteiger partial charge in [0.1, 0.15) is 0 Å². The summed E-state index contributed by atoms with van der Waals surface area (Å²) in [4.78, 5) is 48.4. The van der Waals surface area contributed by atoms with Crippen LogP contribution < -0.4 is 5.32 Å². The molecule has 2 aliphatic rings. The Kier molecular flexibility index (Phi) is 5.01. The van der Waals surface area contributed by atoms with Gasteiger partial charge in [-0.05, 0) is 31.4 Å². The lowest BCUT2D eigenvalue weighted by Gasteiger charge is -2.19. The van der Waals surface area contributed by atoms with Crippen LogP contribution in [0.1, 0.15) is 37.7 Å². The van der Waals surface area contributed by atoms with Crippen molar-refractivity contribution in [2.75, 3.05) is 11.9 Å². The van der Waals surface area contributed by atoms with Crippen molar-refractivity contribution < 1.29 is 19.3 Å². The second kappa shape index (κ2) is 7.23. The number of nitrogens with zero attached hydrogens (tertiary/aromatic N) is 2. The first-order valence-electron chi connectivity index (χ1n) is 8.78. The lowest BCUT2D eigenvalue weighted by molar-refractivity contribution is -0.384. The molecule has 1 aromatic rings. The fraction of sp³-hybridized carbons (Fsp3) is 0.500. The highest BCUT2D eigenvalue weighted by Crippen LogP contribution is 2.38. The van der Waals surface area contributed by atoms with Gasteiger partial charge in [-0.25, -0.2) is 0 Å². The molecule has 0 radical (unpaired) electrons. The average molecular weight is 359 g/mol. The van der Waals surface area contributed by atoms with Gasteiger partial charge in [0.05, 0.1) is 16.8 Å². The van der Waals surface area contributed by atoms with Gasteiger partial charge in [0.15, 0.2) is 0 Å². The Bertz CT molecular complexity index is 752. The van der Waals surface area contributed by atoms with Crippen LogP contribution in [0.2, 0.25) is 0 Å². The molecule has 3 amide bonds. The minimum atomic E-state index is -0.497. The molecule has 1 aromatic carbocycles. The summed E-state index contributed by atoms with van der Waals surface area (Å²) in [6, 6.07) is 4.18. The Morgan fingerprint density at radius 2 is 1.85 bits per heavy atom. The number of benzene rings is 1. The summed E-state index contributed by atoms with van der Waals surface area (Å²) >= 11 is 0. The van der Waals surface area contributed by atoms with Crippen LogP contribution in [0.3, 0.4) is 0 Å². The molecule has 1 aliphatic carbocycles. The first-order chi connectivity index (χ1) is 12.4. The summed E-state index contributed by atoms with van der Waals surface area (Å²) in [6.45, 7) is 1.74. The summed E-state index contributed by atoms with van der Waals surface area (Å²) in [7, 11) is 0. The molecule has 1 heterocycles. The van der Waals surface area contributed by atoms with Crippen molar-refractivity contribution in [3.8, 4) is 0 Å². The monoisotopic (exact) mass is 359 g/mol. The number of rotatable bonds is 5. The average Bonchev–Trinajstić information content (AvgIpc) is 2.86. The van der Waals surface area contributed by atoms with Gasteiger partial charge >= 0.3 is 0 Å². The molecule has 0 aromatic heterocycles. The number of hydrogen-bond donors (Lipinski definition) is 1. The number of carbonyl (C=O) groups is 3. The van der Waals surface area contributed by atoms with Crippen LogP contribution >= 0.6 is 0 Å². The number of nitrogens with one attached hydrogen (secondary N) is 1. The number of nitro benzene ring substituents is 1. The zero-order valence-electron chi connectivity index (χ0n) is 14.6. The topological polar surface area (TPSA) is 110 Å². The van der Waals surface area contributed by atoms with Crippen LogP contribution in [0.15, 0.2) is 18.2 Å². The van der Waals surface area contributed by atoms with Crippen LogP contribution in [0.5, 0.6) is 0 Å². The molecular formula is C18H21N3O5. The molecular weight excluding hydrogens is 338 g/mol. The third kappa shape index (κ3) is 3.44. The highest BCUT2D eigenvalue weighted by atomic mass is 16.6. The molecule has 26 heavy (non-hydrogen) atoms. The zero-order chi connectivity index (χ0) is 18.8. The summed E-state index contributed by atoms with van der Waals surface area (Å²) in [5.41, 5.74) is 1.01. The van der Waals surface area contributed by atoms with Crippen molar-refractivity contribution in [3.05, 3.63) is 33.9 Å². The van der Waals surface area contributed by atoms with E-state index in [4.69, 9.17) is 0 Å². The van der Waals surface area contributed by atoms with Crippen LogP contribution in [0.4, 0.5) is 11.4 Å². The van der Waals surface area contributed by atoms with Gasteiger partial charge in [0.25, 0.3) is 5.69 Å². The Morgan fingerprint density at radius 1 is 1.23 bits per heavy atom. The molecule has 1 aliphatic heterocycles. The molecule has 2 atom stereocenters. The molecule has 0 unspecified atom stereocenters. The number of imide groups is 1. The Balaban J connectivity index is 1.58. The van der Waals surface area contributed by atoms with E-state index in [1.165, 1.54) is 23.1 Å². The Hall–Kier alpha value is -2.77. The molecule has 1 N–H and O–H groups in total. The van der Waals surface area contributed by atoms with Crippen molar-refractivity contribution >= 4 is 29.1 Å². The van der Waals surface area contributed by atoms with Gasteiger partial charge < -0.3 is 5.32 Å². The highest BCUT2D eigenvalue weighted by molar-refractivity contribution is 6.05. The molecule has 138 valence electrons. The third-order valence-corrected chi connectivity index (χ3v) is 5.19. The van der Waals surface area contributed by atoms with Crippen LogP contribution in [0.25, 0.3) is 0 Å². The SMILES string of the molecule is Cc1cc([N+](=O)[O-])ccc1NC(=O)CCN1C(=O)[C@@H]2CCCC[C@H]2C1=O. The van der Waals surface area contributed by atoms with Crippen LogP contribution in [-0.4, -0.2) is 34.1 Å². The predicted molar refractivity (Wildman–Crippen MR) is 93.2 cm³/mol. The smallest absolute Gasteiger partial charge is 0.269 e.